The molecule has 0 spiro atoms. The Kier molecular flexibility index (Phi) is 5.26. The predicted octanol–water partition coefficient (Wildman–Crippen LogP) is 3.07. The van der Waals surface area contributed by atoms with Gasteiger partial charge in [-0.05, 0) is 25.0 Å². The second kappa shape index (κ2) is 8.18. The van der Waals surface area contributed by atoms with Crippen molar-refractivity contribution in [3.8, 4) is 11.5 Å². The zero-order valence-electron chi connectivity index (χ0n) is 16.5. The quantitative estimate of drug-likeness (QED) is 0.769. The van der Waals surface area contributed by atoms with Crippen LogP contribution in [0.5, 0.6) is 11.5 Å². The van der Waals surface area contributed by atoms with E-state index in [-0.39, 0.29) is 12.5 Å². The molecule has 5 rings (SSSR count). The minimum absolute atomic E-state index is 0.000638. The number of para-hydroxylation sites is 2. The molecule has 1 aromatic carbocycles. The number of amides is 1. The molecular weight excluding hydrogens is 388 g/mol. The van der Waals surface area contributed by atoms with Gasteiger partial charge in [0, 0.05) is 32.1 Å². The van der Waals surface area contributed by atoms with Crippen LogP contribution in [0.25, 0.3) is 0 Å². The van der Waals surface area contributed by atoms with Crippen molar-refractivity contribution in [2.75, 3.05) is 37.7 Å². The second-order valence-corrected chi connectivity index (χ2v) is 8.92. The van der Waals surface area contributed by atoms with E-state index in [2.05, 4.69) is 15.1 Å². The molecule has 154 valence electrons. The summed E-state index contributed by atoms with van der Waals surface area (Å²) in [6, 6.07) is 7.48. The van der Waals surface area contributed by atoms with Crippen molar-refractivity contribution in [3.05, 3.63) is 29.3 Å². The van der Waals surface area contributed by atoms with E-state index in [1.54, 1.807) is 11.3 Å². The second-order valence-electron chi connectivity index (χ2n) is 7.93. The maximum absolute atomic E-state index is 12.9. The lowest BCUT2D eigenvalue weighted by molar-refractivity contribution is -0.141. The molecule has 1 aromatic heterocycles. The first-order chi connectivity index (χ1) is 14.3. The molecule has 1 unspecified atom stereocenters. The van der Waals surface area contributed by atoms with Crippen LogP contribution in [0.2, 0.25) is 0 Å². The normalized spacial score (nSPS) is 22.6. The van der Waals surface area contributed by atoms with Crippen LogP contribution >= 0.6 is 11.3 Å². The maximum Gasteiger partial charge on any atom is 0.267 e. The lowest BCUT2D eigenvalue weighted by Gasteiger charge is -2.36. The Bertz CT molecular complexity index is 859. The van der Waals surface area contributed by atoms with E-state index >= 15 is 0 Å². The third-order valence-corrected chi connectivity index (χ3v) is 7.18. The zero-order chi connectivity index (χ0) is 19.6. The van der Waals surface area contributed by atoms with E-state index in [4.69, 9.17) is 9.47 Å². The Hall–Kier alpha value is -2.35. The number of hydrogen-bond acceptors (Lipinski definition) is 7. The minimum Gasteiger partial charge on any atom is -0.485 e. The summed E-state index contributed by atoms with van der Waals surface area (Å²) >= 11 is 1.73. The van der Waals surface area contributed by atoms with Crippen LogP contribution in [-0.4, -0.2) is 59.9 Å². The van der Waals surface area contributed by atoms with Crippen molar-refractivity contribution in [2.45, 2.75) is 44.1 Å². The molecule has 0 radical (unpaired) electrons. The van der Waals surface area contributed by atoms with Gasteiger partial charge in [-0.25, -0.2) is 0 Å². The van der Waals surface area contributed by atoms with Crippen LogP contribution < -0.4 is 14.4 Å². The first kappa shape index (κ1) is 18.7. The molecule has 0 N–H and O–H groups in total. The summed E-state index contributed by atoms with van der Waals surface area (Å²) in [7, 11) is 0. The van der Waals surface area contributed by atoms with Gasteiger partial charge in [0.1, 0.15) is 11.6 Å². The summed E-state index contributed by atoms with van der Waals surface area (Å²) in [6.45, 7) is 3.14. The zero-order valence-corrected chi connectivity index (χ0v) is 17.3. The van der Waals surface area contributed by atoms with Crippen molar-refractivity contribution in [1.82, 2.24) is 15.1 Å². The highest BCUT2D eigenvalue weighted by molar-refractivity contribution is 7.15. The molecule has 3 aliphatic rings. The monoisotopic (exact) mass is 414 g/mol. The number of benzene rings is 1. The number of piperazine rings is 1. The third-order valence-electron chi connectivity index (χ3n) is 6.03. The molecule has 2 fully saturated rings. The average Bonchev–Trinajstić information content (AvgIpc) is 3.29. The van der Waals surface area contributed by atoms with Crippen LogP contribution in [0.1, 0.15) is 43.0 Å². The fourth-order valence-electron chi connectivity index (χ4n) is 4.33. The fraction of sp³-hybridized carbons (Fsp3) is 0.571. The van der Waals surface area contributed by atoms with E-state index < -0.39 is 6.10 Å². The van der Waals surface area contributed by atoms with Crippen LogP contribution in [0, 0.1) is 0 Å². The maximum atomic E-state index is 12.9. The lowest BCUT2D eigenvalue weighted by Crippen LogP contribution is -2.54. The summed E-state index contributed by atoms with van der Waals surface area (Å²) in [4.78, 5) is 17.0. The summed E-state index contributed by atoms with van der Waals surface area (Å²) in [5.74, 6) is 1.93. The molecule has 7 nitrogen and oxygen atoms in total. The van der Waals surface area contributed by atoms with E-state index in [0.717, 1.165) is 18.2 Å². The summed E-state index contributed by atoms with van der Waals surface area (Å²) in [6.07, 6.45) is 5.86. The number of aromatic nitrogens is 2. The number of rotatable bonds is 3. The molecule has 0 bridgehead atoms. The predicted molar refractivity (Wildman–Crippen MR) is 111 cm³/mol. The highest BCUT2D eigenvalue weighted by Crippen LogP contribution is 2.36. The highest BCUT2D eigenvalue weighted by atomic mass is 32.1. The molecule has 1 saturated heterocycles. The number of hydrogen-bond donors (Lipinski definition) is 0. The number of anilines is 1. The standard InChI is InChI=1S/C21H26N4O3S/c26-20(18-14-27-16-8-4-5-9-17(16)28-18)24-10-12-25(13-11-24)21-23-22-19(29-21)15-6-2-1-3-7-15/h4-5,8-9,15,18H,1-3,6-7,10-14H2. The van der Waals surface area contributed by atoms with Gasteiger partial charge in [0.2, 0.25) is 11.2 Å². The van der Waals surface area contributed by atoms with Gasteiger partial charge in [0.05, 0.1) is 0 Å². The van der Waals surface area contributed by atoms with Gasteiger partial charge in [-0.3, -0.25) is 4.79 Å². The molecule has 2 aromatic rings. The van der Waals surface area contributed by atoms with Gasteiger partial charge in [-0.2, -0.15) is 0 Å². The van der Waals surface area contributed by atoms with Crippen LogP contribution in [-0.2, 0) is 4.79 Å². The summed E-state index contributed by atoms with van der Waals surface area (Å²) in [5.41, 5.74) is 0. The van der Waals surface area contributed by atoms with Crippen molar-refractivity contribution in [2.24, 2.45) is 0 Å². The van der Waals surface area contributed by atoms with E-state index in [9.17, 15) is 4.79 Å². The van der Waals surface area contributed by atoms with Crippen molar-refractivity contribution in [3.63, 3.8) is 0 Å². The van der Waals surface area contributed by atoms with Crippen molar-refractivity contribution >= 4 is 22.4 Å². The molecule has 1 amide bonds. The molecule has 2 aliphatic heterocycles. The fourth-order valence-corrected chi connectivity index (χ4v) is 5.40. The summed E-state index contributed by atoms with van der Waals surface area (Å²) in [5, 5.41) is 11.1. The number of fused-ring (bicyclic) bond motifs is 1. The third kappa shape index (κ3) is 3.90. The molecule has 1 atom stereocenters. The molecule has 1 aliphatic carbocycles. The number of carbonyl (C=O) groups excluding carboxylic acids is 1. The molecule has 29 heavy (non-hydrogen) atoms. The smallest absolute Gasteiger partial charge is 0.267 e. The van der Waals surface area contributed by atoms with Gasteiger partial charge in [0.15, 0.2) is 11.5 Å². The number of ether oxygens (including phenoxy) is 2. The Morgan fingerprint density at radius 1 is 1.00 bits per heavy atom. The number of nitrogens with zero attached hydrogens (tertiary/aromatic N) is 4. The first-order valence-corrected chi connectivity index (χ1v) is 11.4. The Balaban J connectivity index is 1.17. The molecule has 1 saturated carbocycles. The Morgan fingerprint density at radius 2 is 1.76 bits per heavy atom. The Labute approximate surface area is 174 Å². The van der Waals surface area contributed by atoms with E-state index in [1.807, 2.05) is 29.2 Å². The first-order valence-electron chi connectivity index (χ1n) is 10.5. The molecule has 3 heterocycles. The van der Waals surface area contributed by atoms with Crippen LogP contribution in [0.15, 0.2) is 24.3 Å². The SMILES string of the molecule is O=C(C1COc2ccccc2O1)N1CCN(c2nnc(C3CCCCC3)s2)CC1. The van der Waals surface area contributed by atoms with Crippen molar-refractivity contribution in [1.29, 1.82) is 0 Å². The number of carbonyl (C=O) groups is 1. The van der Waals surface area contributed by atoms with Gasteiger partial charge >= 0.3 is 0 Å². The van der Waals surface area contributed by atoms with E-state index in [0.29, 0.717) is 30.5 Å². The van der Waals surface area contributed by atoms with Gasteiger partial charge in [-0.15, -0.1) is 10.2 Å². The van der Waals surface area contributed by atoms with Crippen molar-refractivity contribution < 1.29 is 14.3 Å². The minimum atomic E-state index is -0.573. The lowest BCUT2D eigenvalue weighted by atomic mass is 9.90. The highest BCUT2D eigenvalue weighted by Gasteiger charge is 2.33. The van der Waals surface area contributed by atoms with Gasteiger partial charge in [-0.1, -0.05) is 42.7 Å². The van der Waals surface area contributed by atoms with Gasteiger partial charge < -0.3 is 19.3 Å². The van der Waals surface area contributed by atoms with Crippen LogP contribution in [0.3, 0.4) is 0 Å². The van der Waals surface area contributed by atoms with Crippen LogP contribution in [0.4, 0.5) is 5.13 Å². The Morgan fingerprint density at radius 3 is 2.55 bits per heavy atom. The molecule has 8 heteroatoms. The topological polar surface area (TPSA) is 67.8 Å². The molecular formula is C21H26N4O3S. The summed E-state index contributed by atoms with van der Waals surface area (Å²) < 4.78 is 11.6. The van der Waals surface area contributed by atoms with E-state index in [1.165, 1.54) is 37.1 Å². The average molecular weight is 415 g/mol. The largest absolute Gasteiger partial charge is 0.485 e. The van der Waals surface area contributed by atoms with Gasteiger partial charge in [0.25, 0.3) is 5.91 Å².